The van der Waals surface area contributed by atoms with Gasteiger partial charge < -0.3 is 10.2 Å². The van der Waals surface area contributed by atoms with Crippen LogP contribution < -0.4 is 0 Å². The van der Waals surface area contributed by atoms with Crippen molar-refractivity contribution in [3.05, 3.63) is 17.5 Å². The molecule has 2 N–H and O–H groups in total. The third-order valence-corrected chi connectivity index (χ3v) is 2.53. The highest BCUT2D eigenvalue weighted by molar-refractivity contribution is 5.11. The summed E-state index contributed by atoms with van der Waals surface area (Å²) in [5, 5.41) is 22.7. The average Bonchev–Trinajstić information content (AvgIpc) is 2.57. The summed E-state index contributed by atoms with van der Waals surface area (Å²) in [4.78, 5) is 0. The van der Waals surface area contributed by atoms with E-state index >= 15 is 0 Å². The molecule has 86 valence electrons. The standard InChI is InChI=1S/C11H20N2O2/c1-3-9-7-10(13(2)12-9)8-11(15)5-4-6-14/h7,11,14-15H,3-6,8H2,1-2H3. The monoisotopic (exact) mass is 212 g/mol. The van der Waals surface area contributed by atoms with E-state index in [1.807, 2.05) is 17.8 Å². The molecule has 4 heteroatoms. The average molecular weight is 212 g/mol. The summed E-state index contributed by atoms with van der Waals surface area (Å²) < 4.78 is 1.82. The molecule has 1 rings (SSSR count). The van der Waals surface area contributed by atoms with E-state index in [1.54, 1.807) is 0 Å². The Bertz CT molecular complexity index is 297. The first-order valence-corrected chi connectivity index (χ1v) is 5.48. The Morgan fingerprint density at radius 2 is 2.27 bits per heavy atom. The Morgan fingerprint density at radius 3 is 2.80 bits per heavy atom. The van der Waals surface area contributed by atoms with Gasteiger partial charge in [-0.25, -0.2) is 0 Å². The second kappa shape index (κ2) is 5.88. The van der Waals surface area contributed by atoms with E-state index in [-0.39, 0.29) is 12.7 Å². The summed E-state index contributed by atoms with van der Waals surface area (Å²) in [6.45, 7) is 2.21. The van der Waals surface area contributed by atoms with Crippen LogP contribution in [0.1, 0.15) is 31.2 Å². The molecule has 1 aromatic rings. The van der Waals surface area contributed by atoms with Crippen molar-refractivity contribution in [3.8, 4) is 0 Å². The maximum atomic E-state index is 9.69. The zero-order chi connectivity index (χ0) is 11.3. The summed E-state index contributed by atoms with van der Waals surface area (Å²) >= 11 is 0. The fourth-order valence-electron chi connectivity index (χ4n) is 1.61. The van der Waals surface area contributed by atoms with Gasteiger partial charge in [0, 0.05) is 25.8 Å². The van der Waals surface area contributed by atoms with Crippen molar-refractivity contribution in [3.63, 3.8) is 0 Å². The second-order valence-electron chi connectivity index (χ2n) is 3.83. The quantitative estimate of drug-likeness (QED) is 0.728. The van der Waals surface area contributed by atoms with Crippen LogP contribution in [0.2, 0.25) is 0 Å². The molecule has 0 spiro atoms. The highest BCUT2D eigenvalue weighted by Crippen LogP contribution is 2.09. The summed E-state index contributed by atoms with van der Waals surface area (Å²) in [6, 6.07) is 2.03. The van der Waals surface area contributed by atoms with Gasteiger partial charge >= 0.3 is 0 Å². The summed E-state index contributed by atoms with van der Waals surface area (Å²) in [6.07, 6.45) is 2.45. The first-order valence-electron chi connectivity index (χ1n) is 5.48. The van der Waals surface area contributed by atoms with Crippen LogP contribution in [0.3, 0.4) is 0 Å². The van der Waals surface area contributed by atoms with Crippen molar-refractivity contribution >= 4 is 0 Å². The predicted molar refractivity (Wildman–Crippen MR) is 58.6 cm³/mol. The molecule has 1 atom stereocenters. The van der Waals surface area contributed by atoms with Crippen LogP contribution in [0.15, 0.2) is 6.07 Å². The molecule has 0 amide bonds. The number of aliphatic hydroxyl groups is 2. The molecule has 0 aliphatic carbocycles. The molecule has 0 saturated carbocycles. The number of hydrogen-bond donors (Lipinski definition) is 2. The van der Waals surface area contributed by atoms with Crippen molar-refractivity contribution in [2.75, 3.05) is 6.61 Å². The van der Waals surface area contributed by atoms with Gasteiger partial charge in [0.15, 0.2) is 0 Å². The lowest BCUT2D eigenvalue weighted by Crippen LogP contribution is -2.13. The van der Waals surface area contributed by atoms with Crippen LogP contribution in [0.25, 0.3) is 0 Å². The number of aryl methyl sites for hydroxylation is 2. The second-order valence-corrected chi connectivity index (χ2v) is 3.83. The Hall–Kier alpha value is -0.870. The molecule has 0 radical (unpaired) electrons. The Labute approximate surface area is 90.5 Å². The number of hydrogen-bond acceptors (Lipinski definition) is 3. The molecule has 0 aliphatic rings. The maximum Gasteiger partial charge on any atom is 0.0624 e. The Kier molecular flexibility index (Phi) is 4.78. The topological polar surface area (TPSA) is 58.3 Å². The fourth-order valence-corrected chi connectivity index (χ4v) is 1.61. The fraction of sp³-hybridized carbons (Fsp3) is 0.727. The van der Waals surface area contributed by atoms with Gasteiger partial charge in [0.05, 0.1) is 11.8 Å². The summed E-state index contributed by atoms with van der Waals surface area (Å²) in [5.74, 6) is 0. The van der Waals surface area contributed by atoms with E-state index in [4.69, 9.17) is 5.11 Å². The van der Waals surface area contributed by atoms with Crippen molar-refractivity contribution in [1.29, 1.82) is 0 Å². The third-order valence-electron chi connectivity index (χ3n) is 2.53. The highest BCUT2D eigenvalue weighted by atomic mass is 16.3. The Balaban J connectivity index is 2.51. The van der Waals surface area contributed by atoms with Gasteiger partial charge in [-0.15, -0.1) is 0 Å². The van der Waals surface area contributed by atoms with E-state index in [9.17, 15) is 5.11 Å². The van der Waals surface area contributed by atoms with Crippen LogP contribution in [-0.4, -0.2) is 32.7 Å². The molecule has 1 unspecified atom stereocenters. The third kappa shape index (κ3) is 3.64. The normalized spacial score (nSPS) is 13.1. The van der Waals surface area contributed by atoms with E-state index in [2.05, 4.69) is 12.0 Å². The minimum atomic E-state index is -0.378. The minimum Gasteiger partial charge on any atom is -0.396 e. The van der Waals surface area contributed by atoms with E-state index in [1.165, 1.54) is 0 Å². The molecule has 0 aromatic carbocycles. The van der Waals surface area contributed by atoms with Crippen molar-refractivity contribution in [1.82, 2.24) is 9.78 Å². The van der Waals surface area contributed by atoms with Gasteiger partial charge in [-0.05, 0) is 25.3 Å². The van der Waals surface area contributed by atoms with Gasteiger partial charge in [0.2, 0.25) is 0 Å². The molecular formula is C11H20N2O2. The molecule has 4 nitrogen and oxygen atoms in total. The molecular weight excluding hydrogens is 192 g/mol. The van der Waals surface area contributed by atoms with E-state index < -0.39 is 0 Å². The number of aromatic nitrogens is 2. The predicted octanol–water partition coefficient (Wildman–Crippen LogP) is 0.658. The van der Waals surface area contributed by atoms with Gasteiger partial charge in [0.1, 0.15) is 0 Å². The van der Waals surface area contributed by atoms with E-state index in [0.29, 0.717) is 19.3 Å². The largest absolute Gasteiger partial charge is 0.396 e. The highest BCUT2D eigenvalue weighted by Gasteiger charge is 2.09. The van der Waals surface area contributed by atoms with Crippen LogP contribution in [0, 0.1) is 0 Å². The minimum absolute atomic E-state index is 0.142. The molecule has 1 heterocycles. The van der Waals surface area contributed by atoms with Gasteiger partial charge in [-0.1, -0.05) is 6.92 Å². The molecule has 1 aromatic heterocycles. The maximum absolute atomic E-state index is 9.69. The SMILES string of the molecule is CCc1cc(CC(O)CCCO)n(C)n1. The van der Waals surface area contributed by atoms with Crippen LogP contribution >= 0.6 is 0 Å². The number of aliphatic hydroxyl groups excluding tert-OH is 2. The molecule has 0 bridgehead atoms. The van der Waals surface area contributed by atoms with Crippen molar-refractivity contribution in [2.45, 2.75) is 38.7 Å². The van der Waals surface area contributed by atoms with Crippen molar-refractivity contribution in [2.24, 2.45) is 7.05 Å². The van der Waals surface area contributed by atoms with Crippen LogP contribution in [0.5, 0.6) is 0 Å². The lowest BCUT2D eigenvalue weighted by atomic mass is 10.1. The molecule has 0 fully saturated rings. The summed E-state index contributed by atoms with van der Waals surface area (Å²) in [5.41, 5.74) is 2.11. The lowest BCUT2D eigenvalue weighted by molar-refractivity contribution is 0.148. The molecule has 0 aliphatic heterocycles. The summed E-state index contributed by atoms with van der Waals surface area (Å²) in [7, 11) is 1.90. The van der Waals surface area contributed by atoms with Gasteiger partial charge in [0.25, 0.3) is 0 Å². The first-order chi connectivity index (χ1) is 7.17. The molecule has 15 heavy (non-hydrogen) atoms. The van der Waals surface area contributed by atoms with Crippen LogP contribution in [0.4, 0.5) is 0 Å². The van der Waals surface area contributed by atoms with E-state index in [0.717, 1.165) is 17.8 Å². The van der Waals surface area contributed by atoms with Crippen LogP contribution in [-0.2, 0) is 19.9 Å². The zero-order valence-electron chi connectivity index (χ0n) is 9.48. The Morgan fingerprint density at radius 1 is 1.53 bits per heavy atom. The zero-order valence-corrected chi connectivity index (χ0v) is 9.48. The molecule has 0 saturated heterocycles. The van der Waals surface area contributed by atoms with Gasteiger partial charge in [-0.2, -0.15) is 5.10 Å². The number of rotatable bonds is 6. The van der Waals surface area contributed by atoms with Crippen molar-refractivity contribution < 1.29 is 10.2 Å². The first kappa shape index (κ1) is 12.2. The smallest absolute Gasteiger partial charge is 0.0624 e. The number of nitrogens with zero attached hydrogens (tertiary/aromatic N) is 2. The lowest BCUT2D eigenvalue weighted by Gasteiger charge is -2.09. The van der Waals surface area contributed by atoms with Gasteiger partial charge in [-0.3, -0.25) is 4.68 Å².